The van der Waals surface area contributed by atoms with Crippen molar-refractivity contribution in [3.63, 3.8) is 0 Å². The molecule has 0 fully saturated rings. The summed E-state index contributed by atoms with van der Waals surface area (Å²) in [6, 6.07) is 14.0. The lowest BCUT2D eigenvalue weighted by Crippen LogP contribution is -2.04. The molecule has 2 rings (SSSR count). The van der Waals surface area contributed by atoms with Gasteiger partial charge in [-0.15, -0.1) is 0 Å². The summed E-state index contributed by atoms with van der Waals surface area (Å²) in [7, 11) is 0. The van der Waals surface area contributed by atoms with Crippen LogP contribution in [-0.2, 0) is 6.42 Å². The minimum absolute atomic E-state index is 0.180. The van der Waals surface area contributed by atoms with Crippen molar-refractivity contribution < 1.29 is 4.79 Å². The Labute approximate surface area is 121 Å². The van der Waals surface area contributed by atoms with Crippen LogP contribution < -0.4 is 0 Å². The van der Waals surface area contributed by atoms with Gasteiger partial charge in [-0.05, 0) is 71.3 Å². The summed E-state index contributed by atoms with van der Waals surface area (Å²) in [5.74, 6) is 0.180. The first-order valence-corrected chi connectivity index (χ1v) is 6.99. The highest BCUT2D eigenvalue weighted by atomic mass is 127. The van der Waals surface area contributed by atoms with E-state index in [1.165, 1.54) is 14.7 Å². The second kappa shape index (κ2) is 5.65. The molecule has 2 aromatic carbocycles. The van der Waals surface area contributed by atoms with Crippen LogP contribution in [0.3, 0.4) is 0 Å². The number of carbonyl (C=O) groups excluding carboxylic acids is 1. The van der Waals surface area contributed by atoms with Crippen LogP contribution in [0.1, 0.15) is 27.0 Å². The van der Waals surface area contributed by atoms with E-state index in [4.69, 9.17) is 0 Å². The van der Waals surface area contributed by atoms with Crippen molar-refractivity contribution in [2.24, 2.45) is 0 Å². The van der Waals surface area contributed by atoms with Crippen molar-refractivity contribution in [1.82, 2.24) is 0 Å². The quantitative estimate of drug-likeness (QED) is 0.595. The predicted octanol–water partition coefficient (Wildman–Crippen LogP) is 4.33. The first kappa shape index (κ1) is 13.3. The molecule has 0 saturated heterocycles. The summed E-state index contributed by atoms with van der Waals surface area (Å²) in [6.45, 7) is 4.10. The van der Waals surface area contributed by atoms with E-state index in [1.54, 1.807) is 0 Å². The van der Waals surface area contributed by atoms with E-state index < -0.39 is 0 Å². The predicted molar refractivity (Wildman–Crippen MR) is 83.1 cm³/mol. The van der Waals surface area contributed by atoms with Crippen molar-refractivity contribution >= 4 is 28.4 Å². The molecular formula is C16H15IO. The molecule has 92 valence electrons. The molecular weight excluding hydrogens is 335 g/mol. The van der Waals surface area contributed by atoms with Crippen molar-refractivity contribution in [1.29, 1.82) is 0 Å². The molecule has 0 amide bonds. The van der Waals surface area contributed by atoms with Crippen LogP contribution in [0.5, 0.6) is 0 Å². The number of hydrogen-bond donors (Lipinski definition) is 0. The Kier molecular flexibility index (Phi) is 4.17. The maximum atomic E-state index is 12.2. The number of Topliss-reactive ketones (excluding diaryl/α,β-unsaturated/α-hetero) is 1. The number of rotatable bonds is 3. The molecule has 0 aromatic heterocycles. The molecule has 2 heteroatoms. The Bertz CT molecular complexity index is 570. The van der Waals surface area contributed by atoms with Crippen LogP contribution in [0.2, 0.25) is 0 Å². The Hall–Kier alpha value is -1.16. The summed E-state index contributed by atoms with van der Waals surface area (Å²) in [5.41, 5.74) is 4.26. The van der Waals surface area contributed by atoms with E-state index in [1.807, 2.05) is 49.4 Å². The maximum absolute atomic E-state index is 12.2. The van der Waals surface area contributed by atoms with Crippen LogP contribution in [0.15, 0.2) is 42.5 Å². The molecule has 0 aliphatic carbocycles. The van der Waals surface area contributed by atoms with Gasteiger partial charge in [-0.25, -0.2) is 0 Å². The van der Waals surface area contributed by atoms with Gasteiger partial charge in [0.05, 0.1) is 0 Å². The first-order chi connectivity index (χ1) is 8.56. The normalized spacial score (nSPS) is 10.4. The third-order valence-electron chi connectivity index (χ3n) is 3.11. The van der Waals surface area contributed by atoms with Gasteiger partial charge >= 0.3 is 0 Å². The molecule has 0 aliphatic heterocycles. The minimum atomic E-state index is 0.180. The largest absolute Gasteiger partial charge is 0.294 e. The van der Waals surface area contributed by atoms with Crippen LogP contribution in [0.25, 0.3) is 0 Å². The number of carbonyl (C=O) groups is 1. The second-order valence-electron chi connectivity index (χ2n) is 4.53. The highest BCUT2D eigenvalue weighted by Crippen LogP contribution is 2.14. The fourth-order valence-electron chi connectivity index (χ4n) is 1.80. The standard InChI is InChI=1S/C16H15IO/c1-11-3-6-14(9-12(11)2)16(18)10-13-4-7-15(17)8-5-13/h3-9H,10H2,1-2H3. The molecule has 0 atom stereocenters. The van der Waals surface area contributed by atoms with Crippen LogP contribution >= 0.6 is 22.6 Å². The topological polar surface area (TPSA) is 17.1 Å². The van der Waals surface area contributed by atoms with Crippen molar-refractivity contribution in [3.8, 4) is 0 Å². The Morgan fingerprint density at radius 1 is 1.00 bits per heavy atom. The zero-order chi connectivity index (χ0) is 13.1. The summed E-state index contributed by atoms with van der Waals surface area (Å²) in [6.07, 6.45) is 0.472. The molecule has 0 saturated carbocycles. The van der Waals surface area contributed by atoms with E-state index in [0.717, 1.165) is 11.1 Å². The Morgan fingerprint density at radius 3 is 2.28 bits per heavy atom. The summed E-state index contributed by atoms with van der Waals surface area (Å²) in [4.78, 5) is 12.2. The zero-order valence-corrected chi connectivity index (χ0v) is 12.7. The van der Waals surface area contributed by atoms with Gasteiger partial charge in [0, 0.05) is 15.6 Å². The molecule has 0 unspecified atom stereocenters. The molecule has 1 nitrogen and oxygen atoms in total. The van der Waals surface area contributed by atoms with E-state index >= 15 is 0 Å². The molecule has 0 heterocycles. The lowest BCUT2D eigenvalue weighted by molar-refractivity contribution is 0.0993. The van der Waals surface area contributed by atoms with Gasteiger partial charge in [-0.2, -0.15) is 0 Å². The van der Waals surface area contributed by atoms with Gasteiger partial charge in [-0.1, -0.05) is 24.3 Å². The van der Waals surface area contributed by atoms with Gasteiger partial charge in [0.15, 0.2) is 5.78 Å². The van der Waals surface area contributed by atoms with Crippen molar-refractivity contribution in [2.45, 2.75) is 20.3 Å². The first-order valence-electron chi connectivity index (χ1n) is 5.91. The molecule has 0 spiro atoms. The van der Waals surface area contributed by atoms with E-state index in [9.17, 15) is 4.79 Å². The Morgan fingerprint density at radius 2 is 1.67 bits per heavy atom. The molecule has 0 bridgehead atoms. The van der Waals surface area contributed by atoms with Crippen LogP contribution in [0, 0.1) is 17.4 Å². The van der Waals surface area contributed by atoms with Gasteiger partial charge in [0.2, 0.25) is 0 Å². The SMILES string of the molecule is Cc1ccc(C(=O)Cc2ccc(I)cc2)cc1C. The number of aryl methyl sites for hydroxylation is 2. The van der Waals surface area contributed by atoms with Gasteiger partial charge in [0.1, 0.15) is 0 Å². The second-order valence-corrected chi connectivity index (χ2v) is 5.77. The van der Waals surface area contributed by atoms with Crippen LogP contribution in [0.4, 0.5) is 0 Å². The monoisotopic (exact) mass is 350 g/mol. The van der Waals surface area contributed by atoms with Gasteiger partial charge in [0.25, 0.3) is 0 Å². The zero-order valence-electron chi connectivity index (χ0n) is 10.5. The molecule has 18 heavy (non-hydrogen) atoms. The highest BCUT2D eigenvalue weighted by molar-refractivity contribution is 14.1. The third-order valence-corrected chi connectivity index (χ3v) is 3.83. The summed E-state index contributed by atoms with van der Waals surface area (Å²) >= 11 is 2.26. The average Bonchev–Trinajstić information content (AvgIpc) is 2.35. The molecule has 0 radical (unpaired) electrons. The van der Waals surface area contributed by atoms with Crippen LogP contribution in [-0.4, -0.2) is 5.78 Å². The summed E-state index contributed by atoms with van der Waals surface area (Å²) < 4.78 is 1.19. The van der Waals surface area contributed by atoms with Gasteiger partial charge < -0.3 is 0 Å². The average molecular weight is 350 g/mol. The number of benzene rings is 2. The van der Waals surface area contributed by atoms with Gasteiger partial charge in [-0.3, -0.25) is 4.79 Å². The Balaban J connectivity index is 2.16. The smallest absolute Gasteiger partial charge is 0.167 e. The van der Waals surface area contributed by atoms with E-state index in [0.29, 0.717) is 6.42 Å². The lowest BCUT2D eigenvalue weighted by Gasteiger charge is -2.05. The maximum Gasteiger partial charge on any atom is 0.167 e. The number of ketones is 1. The van der Waals surface area contributed by atoms with Crippen molar-refractivity contribution in [3.05, 3.63) is 68.3 Å². The van der Waals surface area contributed by atoms with E-state index in [2.05, 4.69) is 29.5 Å². The van der Waals surface area contributed by atoms with E-state index in [-0.39, 0.29) is 5.78 Å². The lowest BCUT2D eigenvalue weighted by atomic mass is 9.99. The molecule has 0 aliphatic rings. The number of hydrogen-bond acceptors (Lipinski definition) is 1. The summed E-state index contributed by atoms with van der Waals surface area (Å²) in [5, 5.41) is 0. The highest BCUT2D eigenvalue weighted by Gasteiger charge is 2.07. The van der Waals surface area contributed by atoms with Crippen molar-refractivity contribution in [2.75, 3.05) is 0 Å². The fraction of sp³-hybridized carbons (Fsp3) is 0.188. The number of halogens is 1. The molecule has 2 aromatic rings. The fourth-order valence-corrected chi connectivity index (χ4v) is 2.16. The third kappa shape index (κ3) is 3.19. The minimum Gasteiger partial charge on any atom is -0.294 e. The molecule has 0 N–H and O–H groups in total.